The van der Waals surface area contributed by atoms with E-state index < -0.39 is 5.97 Å². The third-order valence-electron chi connectivity index (χ3n) is 3.74. The maximum atomic E-state index is 11.4. The molecular weight excluding hydrogens is 266 g/mol. The Morgan fingerprint density at radius 1 is 1.33 bits per heavy atom. The van der Waals surface area contributed by atoms with Crippen LogP contribution in [-0.4, -0.2) is 25.4 Å². The molecule has 0 fully saturated rings. The number of nitrogens with zero attached hydrogens (tertiary/aromatic N) is 3. The van der Waals surface area contributed by atoms with Gasteiger partial charge in [0.2, 0.25) is 0 Å². The minimum absolute atomic E-state index is 0.329. The van der Waals surface area contributed by atoms with Crippen molar-refractivity contribution in [2.24, 2.45) is 7.05 Å². The number of rotatable bonds is 4. The Hall–Kier alpha value is -2.56. The summed E-state index contributed by atoms with van der Waals surface area (Å²) in [6.07, 6.45) is 2.82. The van der Waals surface area contributed by atoms with Crippen LogP contribution in [0.3, 0.4) is 0 Å². The number of benzene rings is 1. The number of hydrogen-bond acceptors (Lipinski definition) is 2. The molecule has 0 aliphatic heterocycles. The van der Waals surface area contributed by atoms with Crippen molar-refractivity contribution in [1.82, 2.24) is 14.3 Å². The van der Waals surface area contributed by atoms with Gasteiger partial charge in [0.15, 0.2) is 0 Å². The molecule has 5 nitrogen and oxygen atoms in total. The van der Waals surface area contributed by atoms with E-state index in [-0.39, 0.29) is 0 Å². The molecule has 3 aromatic rings. The molecule has 0 bridgehead atoms. The molecule has 0 aliphatic rings. The zero-order valence-electron chi connectivity index (χ0n) is 12.1. The Morgan fingerprint density at radius 2 is 2.14 bits per heavy atom. The monoisotopic (exact) mass is 283 g/mol. The van der Waals surface area contributed by atoms with Gasteiger partial charge < -0.3 is 9.67 Å². The van der Waals surface area contributed by atoms with Gasteiger partial charge in [-0.2, -0.15) is 5.10 Å². The van der Waals surface area contributed by atoms with E-state index in [9.17, 15) is 9.90 Å². The molecule has 0 spiro atoms. The summed E-state index contributed by atoms with van der Waals surface area (Å²) < 4.78 is 3.82. The van der Waals surface area contributed by atoms with Crippen molar-refractivity contribution in [3.8, 4) is 0 Å². The van der Waals surface area contributed by atoms with Crippen molar-refractivity contribution >= 4 is 16.9 Å². The minimum Gasteiger partial charge on any atom is -0.478 e. The molecule has 21 heavy (non-hydrogen) atoms. The second-order valence-electron chi connectivity index (χ2n) is 5.10. The average Bonchev–Trinajstić information content (AvgIpc) is 3.03. The smallest absolute Gasteiger partial charge is 0.337 e. The highest BCUT2D eigenvalue weighted by molar-refractivity contribution is 6.02. The summed E-state index contributed by atoms with van der Waals surface area (Å²) in [7, 11) is 1.91. The summed E-state index contributed by atoms with van der Waals surface area (Å²) >= 11 is 0. The minimum atomic E-state index is -0.903. The van der Waals surface area contributed by atoms with E-state index in [2.05, 4.69) is 18.1 Å². The molecule has 1 N–H and O–H groups in total. The lowest BCUT2D eigenvalue weighted by molar-refractivity contribution is 0.0698. The van der Waals surface area contributed by atoms with Crippen LogP contribution in [0.25, 0.3) is 10.9 Å². The number of fused-ring (bicyclic) bond motifs is 1. The Kier molecular flexibility index (Phi) is 3.25. The van der Waals surface area contributed by atoms with E-state index >= 15 is 0 Å². The number of aryl methyl sites for hydroxylation is 2. The molecule has 0 unspecified atom stereocenters. The first-order chi connectivity index (χ1) is 10.1. The van der Waals surface area contributed by atoms with Gasteiger partial charge in [0.25, 0.3) is 0 Å². The molecular formula is C16H17N3O2. The van der Waals surface area contributed by atoms with Gasteiger partial charge in [0, 0.05) is 18.6 Å². The van der Waals surface area contributed by atoms with E-state index in [0.717, 1.165) is 28.7 Å². The number of para-hydroxylation sites is 1. The highest BCUT2D eigenvalue weighted by Gasteiger charge is 2.13. The zero-order chi connectivity index (χ0) is 15.0. The largest absolute Gasteiger partial charge is 0.478 e. The molecule has 3 rings (SSSR count). The second-order valence-corrected chi connectivity index (χ2v) is 5.10. The number of aromatic nitrogens is 3. The van der Waals surface area contributed by atoms with Gasteiger partial charge in [-0.05, 0) is 24.6 Å². The lowest BCUT2D eigenvalue weighted by Gasteiger charge is -2.08. The summed E-state index contributed by atoms with van der Waals surface area (Å²) in [6.45, 7) is 2.68. The van der Waals surface area contributed by atoms with Crippen LogP contribution in [0.4, 0.5) is 0 Å². The van der Waals surface area contributed by atoms with Crippen molar-refractivity contribution in [3.63, 3.8) is 0 Å². The van der Waals surface area contributed by atoms with Gasteiger partial charge in [0.1, 0.15) is 0 Å². The van der Waals surface area contributed by atoms with E-state index in [4.69, 9.17) is 0 Å². The lowest BCUT2D eigenvalue weighted by atomic mass is 10.1. The van der Waals surface area contributed by atoms with E-state index in [1.54, 1.807) is 12.1 Å². The first-order valence-electron chi connectivity index (χ1n) is 6.93. The molecule has 0 saturated heterocycles. The Balaban J connectivity index is 2.08. The van der Waals surface area contributed by atoms with Crippen LogP contribution in [-0.2, 0) is 20.0 Å². The van der Waals surface area contributed by atoms with Crippen molar-refractivity contribution in [1.29, 1.82) is 0 Å². The fourth-order valence-electron chi connectivity index (χ4n) is 2.63. The van der Waals surface area contributed by atoms with Crippen LogP contribution >= 0.6 is 0 Å². The number of carbonyl (C=O) groups is 1. The summed E-state index contributed by atoms with van der Waals surface area (Å²) in [4.78, 5) is 11.4. The van der Waals surface area contributed by atoms with Crippen molar-refractivity contribution in [3.05, 3.63) is 53.5 Å². The molecule has 2 aromatic heterocycles. The molecule has 2 heterocycles. The maximum absolute atomic E-state index is 11.4. The SMILES string of the molecule is CCc1cc(Cn2ccc3cccc(C(=O)O)c32)n(C)n1. The summed E-state index contributed by atoms with van der Waals surface area (Å²) in [6, 6.07) is 9.35. The van der Waals surface area contributed by atoms with Crippen molar-refractivity contribution < 1.29 is 9.90 Å². The number of carboxylic acid groups (broad SMARTS) is 1. The van der Waals surface area contributed by atoms with Gasteiger partial charge in [-0.1, -0.05) is 19.1 Å². The van der Waals surface area contributed by atoms with Gasteiger partial charge in [-0.15, -0.1) is 0 Å². The predicted molar refractivity (Wildman–Crippen MR) is 80.6 cm³/mol. The van der Waals surface area contributed by atoms with Crippen LogP contribution in [0.2, 0.25) is 0 Å². The zero-order valence-corrected chi connectivity index (χ0v) is 12.1. The Labute approximate surface area is 122 Å². The quantitative estimate of drug-likeness (QED) is 0.800. The highest BCUT2D eigenvalue weighted by atomic mass is 16.4. The van der Waals surface area contributed by atoms with Crippen LogP contribution in [0.15, 0.2) is 36.5 Å². The van der Waals surface area contributed by atoms with Gasteiger partial charge in [0.05, 0.1) is 29.0 Å². The molecule has 0 aliphatic carbocycles. The van der Waals surface area contributed by atoms with Gasteiger partial charge in [-0.25, -0.2) is 4.79 Å². The van der Waals surface area contributed by atoms with E-state index in [1.165, 1.54) is 0 Å². The van der Waals surface area contributed by atoms with Gasteiger partial charge in [-0.3, -0.25) is 4.68 Å². The third-order valence-corrected chi connectivity index (χ3v) is 3.74. The third kappa shape index (κ3) is 2.31. The Bertz CT molecular complexity index is 814. The van der Waals surface area contributed by atoms with E-state index in [0.29, 0.717) is 12.1 Å². The summed E-state index contributed by atoms with van der Waals surface area (Å²) in [5.41, 5.74) is 3.19. The maximum Gasteiger partial charge on any atom is 0.337 e. The van der Waals surface area contributed by atoms with Crippen LogP contribution in [0.1, 0.15) is 28.7 Å². The topological polar surface area (TPSA) is 60.1 Å². The van der Waals surface area contributed by atoms with Crippen molar-refractivity contribution in [2.75, 3.05) is 0 Å². The summed E-state index contributed by atoms with van der Waals surface area (Å²) in [5, 5.41) is 14.7. The summed E-state index contributed by atoms with van der Waals surface area (Å²) in [5.74, 6) is -0.903. The molecule has 108 valence electrons. The number of hydrogen-bond donors (Lipinski definition) is 1. The second kappa shape index (κ2) is 5.09. The van der Waals surface area contributed by atoms with Crippen LogP contribution in [0.5, 0.6) is 0 Å². The number of aromatic carboxylic acids is 1. The highest BCUT2D eigenvalue weighted by Crippen LogP contribution is 2.21. The molecule has 0 saturated carbocycles. The predicted octanol–water partition coefficient (Wildman–Crippen LogP) is 2.68. The standard InChI is InChI=1S/C16H17N3O2/c1-3-12-9-13(18(2)17-12)10-19-8-7-11-5-4-6-14(15(11)19)16(20)21/h4-9H,3,10H2,1-2H3,(H,20,21). The molecule has 1 aromatic carbocycles. The van der Waals surface area contributed by atoms with Gasteiger partial charge >= 0.3 is 5.97 Å². The first kappa shape index (κ1) is 13.4. The fourth-order valence-corrected chi connectivity index (χ4v) is 2.63. The van der Waals surface area contributed by atoms with E-state index in [1.807, 2.05) is 34.6 Å². The lowest BCUT2D eigenvalue weighted by Crippen LogP contribution is -2.07. The normalized spacial score (nSPS) is 11.1. The first-order valence-corrected chi connectivity index (χ1v) is 6.93. The van der Waals surface area contributed by atoms with Crippen LogP contribution < -0.4 is 0 Å². The Morgan fingerprint density at radius 3 is 2.81 bits per heavy atom. The molecule has 0 radical (unpaired) electrons. The molecule has 0 amide bonds. The molecule has 0 atom stereocenters. The fraction of sp³-hybridized carbons (Fsp3) is 0.250. The van der Waals surface area contributed by atoms with Crippen LogP contribution in [0, 0.1) is 0 Å². The average molecular weight is 283 g/mol. The molecule has 5 heteroatoms. The van der Waals surface area contributed by atoms with Crippen molar-refractivity contribution in [2.45, 2.75) is 19.9 Å². The number of carboxylic acids is 1.